The van der Waals surface area contributed by atoms with E-state index in [1.807, 2.05) is 11.9 Å². The molecule has 2 fully saturated rings. The van der Waals surface area contributed by atoms with Crippen molar-refractivity contribution in [2.45, 2.75) is 38.4 Å². The highest BCUT2D eigenvalue weighted by Gasteiger charge is 2.50. The molecule has 4 N–H and O–H groups in total. The number of hydrazine groups is 1. The maximum Gasteiger partial charge on any atom is 0.230 e. The molecule has 22 heavy (non-hydrogen) atoms. The Hall–Kier alpha value is -1.18. The maximum atomic E-state index is 12.2. The number of benzene rings is 1. The molecule has 0 aromatic heterocycles. The fourth-order valence-corrected chi connectivity index (χ4v) is 3.44. The number of amides is 1. The highest BCUT2D eigenvalue weighted by molar-refractivity contribution is 6.18. The standard InChI is InChI=1S/C15H21ClN4O2/c1-8-3-5-10(6-4-8)9(2)20-13-12(11(7-16)19-20)14(21)18-15(22)17-13/h3-6,9,11-13,15,17,19,22H,7H2,1-2H3,(H,18,21). The second kappa shape index (κ2) is 6.14. The monoisotopic (exact) mass is 324 g/mol. The molecule has 6 nitrogen and oxygen atoms in total. The van der Waals surface area contributed by atoms with Crippen molar-refractivity contribution in [1.82, 2.24) is 21.1 Å². The summed E-state index contributed by atoms with van der Waals surface area (Å²) >= 11 is 6.01. The molecule has 0 radical (unpaired) electrons. The molecule has 0 spiro atoms. The molecule has 5 unspecified atom stereocenters. The minimum Gasteiger partial charge on any atom is -0.361 e. The highest BCUT2D eigenvalue weighted by Crippen LogP contribution is 2.31. The normalized spacial score (nSPS) is 33.4. The van der Waals surface area contributed by atoms with Gasteiger partial charge in [-0.25, -0.2) is 10.4 Å². The number of rotatable bonds is 3. The second-order valence-electron chi connectivity index (χ2n) is 5.93. The number of fused-ring (bicyclic) bond motifs is 1. The Labute approximate surface area is 134 Å². The van der Waals surface area contributed by atoms with Crippen LogP contribution in [0, 0.1) is 12.8 Å². The zero-order chi connectivity index (χ0) is 15.9. The minimum atomic E-state index is -1.04. The second-order valence-corrected chi connectivity index (χ2v) is 6.24. The summed E-state index contributed by atoms with van der Waals surface area (Å²) in [6, 6.07) is 8.14. The van der Waals surface area contributed by atoms with Crippen LogP contribution in [0.25, 0.3) is 0 Å². The van der Waals surface area contributed by atoms with Gasteiger partial charge in [0.1, 0.15) is 0 Å². The molecule has 1 amide bonds. The summed E-state index contributed by atoms with van der Waals surface area (Å²) in [5.41, 5.74) is 5.65. The van der Waals surface area contributed by atoms with E-state index in [1.54, 1.807) is 0 Å². The maximum absolute atomic E-state index is 12.2. The predicted octanol–water partition coefficient (Wildman–Crippen LogP) is 0.421. The number of nitrogens with zero attached hydrogens (tertiary/aromatic N) is 1. The van der Waals surface area contributed by atoms with Crippen molar-refractivity contribution < 1.29 is 9.90 Å². The van der Waals surface area contributed by atoms with Gasteiger partial charge in [0.15, 0.2) is 6.35 Å². The minimum absolute atomic E-state index is 0.0342. The molecule has 3 rings (SSSR count). The molecule has 0 saturated carbocycles. The first-order chi connectivity index (χ1) is 10.5. The number of aryl methyl sites for hydroxylation is 1. The molecule has 2 heterocycles. The Kier molecular flexibility index (Phi) is 4.38. The molecule has 0 bridgehead atoms. The molecule has 2 saturated heterocycles. The van der Waals surface area contributed by atoms with Gasteiger partial charge in [0.05, 0.1) is 12.1 Å². The number of aliphatic hydroxyl groups is 1. The van der Waals surface area contributed by atoms with Gasteiger partial charge in [0.25, 0.3) is 0 Å². The molecule has 2 aliphatic rings. The van der Waals surface area contributed by atoms with Gasteiger partial charge in [0.2, 0.25) is 5.91 Å². The highest BCUT2D eigenvalue weighted by atomic mass is 35.5. The summed E-state index contributed by atoms with van der Waals surface area (Å²) in [5, 5.41) is 17.3. The van der Waals surface area contributed by atoms with E-state index in [0.717, 1.165) is 5.56 Å². The lowest BCUT2D eigenvalue weighted by Crippen LogP contribution is -2.64. The summed E-state index contributed by atoms with van der Waals surface area (Å²) in [7, 11) is 0. The van der Waals surface area contributed by atoms with Crippen LogP contribution in [0.15, 0.2) is 24.3 Å². The van der Waals surface area contributed by atoms with Crippen molar-refractivity contribution in [2.75, 3.05) is 5.88 Å². The number of hydrogen-bond acceptors (Lipinski definition) is 5. The Morgan fingerprint density at radius 1 is 1.36 bits per heavy atom. The Morgan fingerprint density at radius 3 is 2.68 bits per heavy atom. The Morgan fingerprint density at radius 2 is 2.05 bits per heavy atom. The topological polar surface area (TPSA) is 76.6 Å². The largest absolute Gasteiger partial charge is 0.361 e. The Bertz CT molecular complexity index is 553. The zero-order valence-corrected chi connectivity index (χ0v) is 13.3. The van der Waals surface area contributed by atoms with Crippen LogP contribution in [0.5, 0.6) is 0 Å². The quantitative estimate of drug-likeness (QED) is 0.606. The molecule has 0 aliphatic carbocycles. The summed E-state index contributed by atoms with van der Waals surface area (Å²) in [5.74, 6) is -0.203. The van der Waals surface area contributed by atoms with E-state index in [4.69, 9.17) is 11.6 Å². The number of hydrogen-bond donors (Lipinski definition) is 4. The fraction of sp³-hybridized carbons (Fsp3) is 0.533. The van der Waals surface area contributed by atoms with E-state index in [2.05, 4.69) is 47.2 Å². The van der Waals surface area contributed by atoms with E-state index < -0.39 is 6.35 Å². The van der Waals surface area contributed by atoms with Crippen LogP contribution in [-0.4, -0.2) is 40.5 Å². The summed E-state index contributed by atoms with van der Waals surface area (Å²) < 4.78 is 0. The van der Waals surface area contributed by atoms with Gasteiger partial charge in [0, 0.05) is 18.0 Å². The predicted molar refractivity (Wildman–Crippen MR) is 83.6 cm³/mol. The van der Waals surface area contributed by atoms with Crippen molar-refractivity contribution in [3.05, 3.63) is 35.4 Å². The average molecular weight is 325 g/mol. The van der Waals surface area contributed by atoms with Gasteiger partial charge >= 0.3 is 0 Å². The van der Waals surface area contributed by atoms with Gasteiger partial charge in [-0.1, -0.05) is 29.8 Å². The van der Waals surface area contributed by atoms with Gasteiger partial charge in [-0.05, 0) is 19.4 Å². The number of nitrogens with one attached hydrogen (secondary N) is 3. The van der Waals surface area contributed by atoms with Gasteiger partial charge < -0.3 is 10.4 Å². The number of halogens is 1. The van der Waals surface area contributed by atoms with Crippen LogP contribution in [-0.2, 0) is 4.79 Å². The number of carbonyl (C=O) groups excluding carboxylic acids is 1. The number of aliphatic hydroxyl groups excluding tert-OH is 1. The SMILES string of the molecule is Cc1ccc(C(C)N2NC(CCl)C3C(=O)NC(O)NC32)cc1. The van der Waals surface area contributed by atoms with Crippen molar-refractivity contribution in [2.24, 2.45) is 5.92 Å². The lowest BCUT2D eigenvalue weighted by atomic mass is 9.96. The molecule has 7 heteroatoms. The summed E-state index contributed by atoms with van der Waals surface area (Å²) in [4.78, 5) is 12.2. The summed E-state index contributed by atoms with van der Waals surface area (Å²) in [6.45, 7) is 4.11. The van der Waals surface area contributed by atoms with Crippen molar-refractivity contribution in [3.8, 4) is 0 Å². The first-order valence-electron chi connectivity index (χ1n) is 7.43. The number of alkyl halides is 1. The average Bonchev–Trinajstić information content (AvgIpc) is 2.86. The molecule has 120 valence electrons. The van der Waals surface area contributed by atoms with Crippen LogP contribution in [0.2, 0.25) is 0 Å². The van der Waals surface area contributed by atoms with E-state index in [0.29, 0.717) is 5.88 Å². The van der Waals surface area contributed by atoms with Crippen molar-refractivity contribution in [1.29, 1.82) is 0 Å². The first-order valence-corrected chi connectivity index (χ1v) is 7.96. The van der Waals surface area contributed by atoms with E-state index in [-0.39, 0.29) is 30.1 Å². The third-order valence-corrected chi connectivity index (χ3v) is 4.77. The first kappa shape index (κ1) is 15.7. The third kappa shape index (κ3) is 2.73. The van der Waals surface area contributed by atoms with Gasteiger partial charge in [-0.15, -0.1) is 11.6 Å². The third-order valence-electron chi connectivity index (χ3n) is 4.44. The van der Waals surface area contributed by atoms with Gasteiger partial charge in [-0.2, -0.15) is 0 Å². The molecular formula is C15H21ClN4O2. The fourth-order valence-electron chi connectivity index (χ4n) is 3.18. The Balaban J connectivity index is 1.86. The van der Waals surface area contributed by atoms with E-state index >= 15 is 0 Å². The van der Waals surface area contributed by atoms with E-state index in [1.165, 1.54) is 5.56 Å². The lowest BCUT2D eigenvalue weighted by molar-refractivity contribution is -0.136. The number of carbonyl (C=O) groups is 1. The molecular weight excluding hydrogens is 304 g/mol. The van der Waals surface area contributed by atoms with Crippen LogP contribution < -0.4 is 16.1 Å². The molecule has 1 aromatic carbocycles. The molecule has 1 aromatic rings. The van der Waals surface area contributed by atoms with E-state index in [9.17, 15) is 9.90 Å². The van der Waals surface area contributed by atoms with Crippen LogP contribution >= 0.6 is 11.6 Å². The lowest BCUT2D eigenvalue weighted by Gasteiger charge is -2.37. The van der Waals surface area contributed by atoms with Gasteiger partial charge in [-0.3, -0.25) is 10.1 Å². The van der Waals surface area contributed by atoms with Crippen LogP contribution in [0.3, 0.4) is 0 Å². The molecule has 5 atom stereocenters. The molecule has 2 aliphatic heterocycles. The summed E-state index contributed by atoms with van der Waals surface area (Å²) in [6.07, 6.45) is -1.35. The van der Waals surface area contributed by atoms with Crippen molar-refractivity contribution >= 4 is 17.5 Å². The van der Waals surface area contributed by atoms with Crippen LogP contribution in [0.4, 0.5) is 0 Å². The van der Waals surface area contributed by atoms with Crippen molar-refractivity contribution in [3.63, 3.8) is 0 Å². The smallest absolute Gasteiger partial charge is 0.230 e. The zero-order valence-electron chi connectivity index (χ0n) is 12.6. The van der Waals surface area contributed by atoms with Crippen LogP contribution in [0.1, 0.15) is 24.1 Å².